The van der Waals surface area contributed by atoms with Gasteiger partial charge >= 0.3 is 0 Å². The molecule has 2 aromatic heterocycles. The summed E-state index contributed by atoms with van der Waals surface area (Å²) in [4.78, 5) is 18.2. The molecule has 1 atom stereocenters. The zero-order valence-electron chi connectivity index (χ0n) is 14.0. The van der Waals surface area contributed by atoms with E-state index in [1.54, 1.807) is 11.3 Å². The highest BCUT2D eigenvalue weighted by Gasteiger charge is 2.41. The van der Waals surface area contributed by atoms with E-state index >= 15 is 0 Å². The number of anilines is 1. The van der Waals surface area contributed by atoms with Crippen LogP contribution in [0.2, 0.25) is 0 Å². The van der Waals surface area contributed by atoms with Crippen LogP contribution in [0.5, 0.6) is 0 Å². The Morgan fingerprint density at radius 3 is 2.92 bits per heavy atom. The van der Waals surface area contributed by atoms with Crippen LogP contribution in [-0.2, 0) is 11.3 Å². The van der Waals surface area contributed by atoms with E-state index in [0.29, 0.717) is 0 Å². The Bertz CT molecular complexity index is 675. The number of morpholine rings is 1. The summed E-state index contributed by atoms with van der Waals surface area (Å²) in [5.41, 5.74) is 1.06. The van der Waals surface area contributed by atoms with Crippen molar-refractivity contribution in [2.45, 2.75) is 31.9 Å². The number of aryl methyl sites for hydroxylation is 1. The largest absolute Gasteiger partial charge is 0.370 e. The highest BCUT2D eigenvalue weighted by molar-refractivity contribution is 7.09. The Balaban J connectivity index is 1.45. The van der Waals surface area contributed by atoms with Gasteiger partial charge in [0.2, 0.25) is 5.95 Å². The SMILES string of the molecule is Cc1nc(CN2CCOC3(CCCN(c4ncccn4)C3)C2)cs1. The molecule has 0 saturated carbocycles. The number of hydrogen-bond acceptors (Lipinski definition) is 7. The topological polar surface area (TPSA) is 54.4 Å². The number of ether oxygens (including phenoxy) is 1. The van der Waals surface area contributed by atoms with Crippen molar-refractivity contribution in [3.63, 3.8) is 0 Å². The van der Waals surface area contributed by atoms with Crippen LogP contribution in [0.4, 0.5) is 5.95 Å². The molecule has 0 aliphatic carbocycles. The minimum atomic E-state index is -0.110. The monoisotopic (exact) mass is 345 g/mol. The second kappa shape index (κ2) is 6.74. The molecule has 4 rings (SSSR count). The number of hydrogen-bond donors (Lipinski definition) is 0. The first-order valence-corrected chi connectivity index (χ1v) is 9.40. The van der Waals surface area contributed by atoms with Crippen LogP contribution in [0.15, 0.2) is 23.8 Å². The van der Waals surface area contributed by atoms with Crippen LogP contribution < -0.4 is 4.90 Å². The van der Waals surface area contributed by atoms with E-state index < -0.39 is 0 Å². The molecule has 2 fully saturated rings. The van der Waals surface area contributed by atoms with E-state index in [-0.39, 0.29) is 5.60 Å². The first-order chi connectivity index (χ1) is 11.7. The molecule has 0 amide bonds. The fourth-order valence-corrected chi connectivity index (χ4v) is 4.34. The summed E-state index contributed by atoms with van der Waals surface area (Å²) in [5, 5.41) is 3.31. The highest BCUT2D eigenvalue weighted by atomic mass is 32.1. The third-order valence-corrected chi connectivity index (χ3v) is 5.58. The van der Waals surface area contributed by atoms with Crippen molar-refractivity contribution in [1.82, 2.24) is 19.9 Å². The van der Waals surface area contributed by atoms with Crippen LogP contribution in [0.3, 0.4) is 0 Å². The molecule has 2 aliphatic heterocycles. The molecular formula is C17H23N5OS. The van der Waals surface area contributed by atoms with Gasteiger partial charge in [0.05, 0.1) is 29.5 Å². The summed E-state index contributed by atoms with van der Waals surface area (Å²) in [6.45, 7) is 7.55. The normalized spacial score (nSPS) is 25.3. The molecule has 2 saturated heterocycles. The van der Waals surface area contributed by atoms with Gasteiger partial charge in [0.25, 0.3) is 0 Å². The molecule has 0 N–H and O–H groups in total. The summed E-state index contributed by atoms with van der Waals surface area (Å²) >= 11 is 1.72. The molecule has 6 nitrogen and oxygen atoms in total. The molecule has 24 heavy (non-hydrogen) atoms. The van der Waals surface area contributed by atoms with Gasteiger partial charge in [-0.2, -0.15) is 0 Å². The molecule has 4 heterocycles. The Morgan fingerprint density at radius 1 is 1.25 bits per heavy atom. The van der Waals surface area contributed by atoms with Gasteiger partial charge in [0, 0.05) is 44.0 Å². The molecule has 0 bridgehead atoms. The van der Waals surface area contributed by atoms with Gasteiger partial charge in [0.1, 0.15) is 0 Å². The van der Waals surface area contributed by atoms with Gasteiger partial charge < -0.3 is 9.64 Å². The molecule has 0 aromatic carbocycles. The quantitative estimate of drug-likeness (QED) is 0.849. The maximum atomic E-state index is 6.27. The predicted molar refractivity (Wildman–Crippen MR) is 94.3 cm³/mol. The molecule has 1 unspecified atom stereocenters. The van der Waals surface area contributed by atoms with E-state index in [4.69, 9.17) is 4.74 Å². The number of piperidine rings is 1. The molecule has 2 aromatic rings. The fraction of sp³-hybridized carbons (Fsp3) is 0.588. The third-order valence-electron chi connectivity index (χ3n) is 4.75. The van der Waals surface area contributed by atoms with E-state index in [0.717, 1.165) is 63.1 Å². The lowest BCUT2D eigenvalue weighted by molar-refractivity contribution is -0.116. The predicted octanol–water partition coefficient (Wildman–Crippen LogP) is 2.11. The molecule has 2 aliphatic rings. The summed E-state index contributed by atoms with van der Waals surface area (Å²) in [7, 11) is 0. The van der Waals surface area contributed by atoms with Gasteiger partial charge in [-0.05, 0) is 25.8 Å². The second-order valence-corrected chi connectivity index (χ2v) is 7.74. The zero-order valence-corrected chi connectivity index (χ0v) is 14.8. The summed E-state index contributed by atoms with van der Waals surface area (Å²) in [6, 6.07) is 1.86. The number of nitrogens with zero attached hydrogens (tertiary/aromatic N) is 5. The first-order valence-electron chi connectivity index (χ1n) is 8.52. The van der Waals surface area contributed by atoms with Crippen molar-refractivity contribution in [1.29, 1.82) is 0 Å². The Morgan fingerprint density at radius 2 is 2.12 bits per heavy atom. The standard InChI is InChI=1S/C17H23N5OS/c1-14-20-15(11-24-14)10-21-8-9-23-17(12-21)4-2-7-22(13-17)16-18-5-3-6-19-16/h3,5-6,11H,2,4,7-10,12-13H2,1H3. The van der Waals surface area contributed by atoms with Gasteiger partial charge in [-0.3, -0.25) is 4.90 Å². The molecule has 0 radical (unpaired) electrons. The van der Waals surface area contributed by atoms with Gasteiger partial charge in [0.15, 0.2) is 0 Å². The minimum absolute atomic E-state index is 0.110. The lowest BCUT2D eigenvalue weighted by Gasteiger charge is -2.48. The summed E-state index contributed by atoms with van der Waals surface area (Å²) in [6.07, 6.45) is 5.83. The molecule has 128 valence electrons. The van der Waals surface area contributed by atoms with Crippen LogP contribution >= 0.6 is 11.3 Å². The van der Waals surface area contributed by atoms with Gasteiger partial charge in [-0.1, -0.05) is 0 Å². The van der Waals surface area contributed by atoms with Crippen LogP contribution in [0, 0.1) is 6.92 Å². The van der Waals surface area contributed by atoms with E-state index in [1.807, 2.05) is 18.5 Å². The maximum Gasteiger partial charge on any atom is 0.225 e. The Hall–Kier alpha value is -1.57. The van der Waals surface area contributed by atoms with Crippen molar-refractivity contribution in [2.24, 2.45) is 0 Å². The minimum Gasteiger partial charge on any atom is -0.370 e. The lowest BCUT2D eigenvalue weighted by Crippen LogP contribution is -2.59. The van der Waals surface area contributed by atoms with E-state index in [9.17, 15) is 0 Å². The van der Waals surface area contributed by atoms with Crippen molar-refractivity contribution >= 4 is 17.3 Å². The third kappa shape index (κ3) is 3.43. The maximum absolute atomic E-state index is 6.27. The molecular weight excluding hydrogens is 322 g/mol. The first kappa shape index (κ1) is 15.9. The van der Waals surface area contributed by atoms with Crippen molar-refractivity contribution in [3.8, 4) is 0 Å². The zero-order chi connectivity index (χ0) is 16.4. The number of aromatic nitrogens is 3. The number of thiazole rings is 1. The van der Waals surface area contributed by atoms with E-state index in [1.165, 1.54) is 5.69 Å². The van der Waals surface area contributed by atoms with Gasteiger partial charge in [-0.25, -0.2) is 15.0 Å². The van der Waals surface area contributed by atoms with Crippen molar-refractivity contribution < 1.29 is 4.74 Å². The average molecular weight is 345 g/mol. The average Bonchev–Trinajstić information content (AvgIpc) is 3.01. The lowest BCUT2D eigenvalue weighted by atomic mass is 9.91. The van der Waals surface area contributed by atoms with Crippen molar-refractivity contribution in [3.05, 3.63) is 34.5 Å². The van der Waals surface area contributed by atoms with Crippen LogP contribution in [0.1, 0.15) is 23.5 Å². The second-order valence-electron chi connectivity index (χ2n) is 6.67. The number of rotatable bonds is 3. The van der Waals surface area contributed by atoms with Gasteiger partial charge in [-0.15, -0.1) is 11.3 Å². The highest BCUT2D eigenvalue weighted by Crippen LogP contribution is 2.31. The smallest absolute Gasteiger partial charge is 0.225 e. The van der Waals surface area contributed by atoms with E-state index in [2.05, 4.69) is 37.1 Å². The summed E-state index contributed by atoms with van der Waals surface area (Å²) < 4.78 is 6.27. The van der Waals surface area contributed by atoms with Crippen molar-refractivity contribution in [2.75, 3.05) is 37.7 Å². The Labute approximate surface area is 146 Å². The summed E-state index contributed by atoms with van der Waals surface area (Å²) in [5.74, 6) is 0.812. The van der Waals surface area contributed by atoms with Crippen LogP contribution in [-0.4, -0.2) is 58.2 Å². The fourth-order valence-electron chi connectivity index (χ4n) is 3.74. The van der Waals surface area contributed by atoms with Crippen LogP contribution in [0.25, 0.3) is 0 Å². The molecule has 7 heteroatoms. The molecule has 1 spiro atoms. The Kier molecular flexibility index (Phi) is 4.47.